The van der Waals surface area contributed by atoms with Gasteiger partial charge in [-0.05, 0) is 31.0 Å². The second-order valence-electron chi connectivity index (χ2n) is 5.72. The van der Waals surface area contributed by atoms with E-state index >= 15 is 0 Å². The third kappa shape index (κ3) is 4.48. The Morgan fingerprint density at radius 3 is 2.48 bits per heavy atom. The molecular weight excluding hydrogens is 326 g/mol. The van der Waals surface area contributed by atoms with Crippen molar-refractivity contribution < 1.29 is 18.4 Å². The van der Waals surface area contributed by atoms with Gasteiger partial charge in [0.25, 0.3) is 0 Å². The monoisotopic (exact) mass is 346 g/mol. The molecule has 1 fully saturated rings. The maximum absolute atomic E-state index is 13.7. The van der Waals surface area contributed by atoms with Gasteiger partial charge in [-0.1, -0.05) is 6.92 Å². The molecule has 0 saturated carbocycles. The summed E-state index contributed by atoms with van der Waals surface area (Å²) in [6.07, 6.45) is 0.912. The number of carbonyl (C=O) groups excluding carboxylic acids is 2. The zero-order valence-corrected chi connectivity index (χ0v) is 13.7. The number of halogens is 3. The Kier molecular flexibility index (Phi) is 7.09. The number of benzene rings is 1. The molecule has 4 nitrogen and oxygen atoms in total. The number of nitrogens with two attached hydrogens (primary N) is 1. The number of nitrogens with zero attached hydrogens (tertiary/aromatic N) is 1. The van der Waals surface area contributed by atoms with Crippen LogP contribution in [0.15, 0.2) is 18.2 Å². The highest BCUT2D eigenvalue weighted by Crippen LogP contribution is 2.24. The van der Waals surface area contributed by atoms with Crippen LogP contribution in [0.5, 0.6) is 0 Å². The van der Waals surface area contributed by atoms with Gasteiger partial charge in [0.05, 0.1) is 5.56 Å². The summed E-state index contributed by atoms with van der Waals surface area (Å²) < 4.78 is 26.9. The molecule has 2 N–H and O–H groups in total. The van der Waals surface area contributed by atoms with Gasteiger partial charge >= 0.3 is 0 Å². The van der Waals surface area contributed by atoms with Crippen LogP contribution in [0.3, 0.4) is 0 Å². The molecule has 1 aliphatic heterocycles. The first-order valence-electron chi connectivity index (χ1n) is 7.42. The molecule has 0 aromatic heterocycles. The summed E-state index contributed by atoms with van der Waals surface area (Å²) in [5.41, 5.74) is 5.27. The number of rotatable bonds is 4. The summed E-state index contributed by atoms with van der Waals surface area (Å²) in [6.45, 7) is 2.93. The Hall–Kier alpha value is -1.53. The van der Waals surface area contributed by atoms with E-state index in [1.165, 1.54) is 0 Å². The summed E-state index contributed by atoms with van der Waals surface area (Å²) in [5.74, 6) is -2.38. The molecule has 0 radical (unpaired) electrons. The van der Waals surface area contributed by atoms with E-state index in [0.29, 0.717) is 25.9 Å². The second-order valence-corrected chi connectivity index (χ2v) is 5.72. The number of likely N-dealkylation sites (tertiary alicyclic amines) is 1. The second kappa shape index (κ2) is 8.36. The molecule has 128 valence electrons. The summed E-state index contributed by atoms with van der Waals surface area (Å²) >= 11 is 0. The van der Waals surface area contributed by atoms with E-state index in [9.17, 15) is 18.4 Å². The summed E-state index contributed by atoms with van der Waals surface area (Å²) in [4.78, 5) is 26.0. The van der Waals surface area contributed by atoms with Gasteiger partial charge in [0.2, 0.25) is 5.91 Å². The molecule has 1 amide bonds. The highest BCUT2D eigenvalue weighted by molar-refractivity contribution is 5.98. The quantitative estimate of drug-likeness (QED) is 0.851. The van der Waals surface area contributed by atoms with Crippen LogP contribution in [0.2, 0.25) is 0 Å². The van der Waals surface area contributed by atoms with E-state index < -0.39 is 17.4 Å². The molecule has 0 aliphatic carbocycles. The normalized spacial score (nSPS) is 16.6. The average molecular weight is 347 g/mol. The molecular formula is C16H21ClF2N2O2. The smallest absolute Gasteiger partial charge is 0.226 e. The van der Waals surface area contributed by atoms with E-state index in [-0.39, 0.29) is 42.3 Å². The van der Waals surface area contributed by atoms with Crippen LogP contribution >= 0.6 is 12.4 Å². The van der Waals surface area contributed by atoms with Crippen molar-refractivity contribution in [1.82, 2.24) is 4.90 Å². The van der Waals surface area contributed by atoms with Crippen molar-refractivity contribution in [2.45, 2.75) is 19.8 Å². The van der Waals surface area contributed by atoms with Crippen molar-refractivity contribution >= 4 is 24.1 Å². The number of piperidine rings is 1. The van der Waals surface area contributed by atoms with Crippen LogP contribution in [0.1, 0.15) is 30.1 Å². The molecule has 1 atom stereocenters. The number of ketones is 1. The Balaban J connectivity index is 0.00000264. The molecule has 0 bridgehead atoms. The maximum atomic E-state index is 13.7. The lowest BCUT2D eigenvalue weighted by atomic mass is 9.88. The first kappa shape index (κ1) is 19.5. The Morgan fingerprint density at radius 2 is 1.91 bits per heavy atom. The third-order valence-corrected chi connectivity index (χ3v) is 4.15. The number of Topliss-reactive ketones (excluding diaryl/α,β-unsaturated/α-hetero) is 1. The van der Waals surface area contributed by atoms with Crippen molar-refractivity contribution in [1.29, 1.82) is 0 Å². The van der Waals surface area contributed by atoms with Crippen LogP contribution in [0.4, 0.5) is 8.78 Å². The highest BCUT2D eigenvalue weighted by Gasteiger charge is 2.30. The zero-order valence-electron chi connectivity index (χ0n) is 12.9. The van der Waals surface area contributed by atoms with E-state index in [0.717, 1.165) is 18.2 Å². The molecule has 1 saturated heterocycles. The minimum absolute atomic E-state index is 0. The summed E-state index contributed by atoms with van der Waals surface area (Å²) in [7, 11) is 0. The van der Waals surface area contributed by atoms with Gasteiger partial charge in [0.15, 0.2) is 5.78 Å². The predicted octanol–water partition coefficient (Wildman–Crippen LogP) is 2.40. The summed E-state index contributed by atoms with van der Waals surface area (Å²) in [5, 5.41) is 0. The molecule has 1 unspecified atom stereocenters. The van der Waals surface area contributed by atoms with Gasteiger partial charge < -0.3 is 10.6 Å². The summed E-state index contributed by atoms with van der Waals surface area (Å²) in [6, 6.07) is 2.89. The van der Waals surface area contributed by atoms with Crippen molar-refractivity contribution in [2.24, 2.45) is 17.6 Å². The zero-order chi connectivity index (χ0) is 16.3. The van der Waals surface area contributed by atoms with E-state index in [1.54, 1.807) is 11.8 Å². The van der Waals surface area contributed by atoms with Crippen molar-refractivity contribution in [2.75, 3.05) is 19.6 Å². The molecule has 1 heterocycles. The number of amides is 1. The SMILES string of the molecule is CC(CN)C(=O)N1CCC(C(=O)c2cc(F)ccc2F)CC1.Cl. The van der Waals surface area contributed by atoms with E-state index in [1.807, 2.05) is 0 Å². The fraction of sp³-hybridized carbons (Fsp3) is 0.500. The number of carbonyl (C=O) groups is 2. The Bertz CT molecular complexity index is 575. The topological polar surface area (TPSA) is 63.4 Å². The van der Waals surface area contributed by atoms with Crippen molar-refractivity contribution in [3.8, 4) is 0 Å². The lowest BCUT2D eigenvalue weighted by Gasteiger charge is -2.32. The van der Waals surface area contributed by atoms with Gasteiger partial charge in [-0.3, -0.25) is 9.59 Å². The first-order valence-corrected chi connectivity index (χ1v) is 7.42. The van der Waals surface area contributed by atoms with Crippen LogP contribution in [-0.4, -0.2) is 36.2 Å². The number of hydrogen-bond acceptors (Lipinski definition) is 3. The van der Waals surface area contributed by atoms with E-state index in [4.69, 9.17) is 5.73 Å². The molecule has 2 rings (SSSR count). The van der Waals surface area contributed by atoms with Gasteiger partial charge in [-0.2, -0.15) is 0 Å². The van der Waals surface area contributed by atoms with Crippen LogP contribution < -0.4 is 5.73 Å². The Labute approximate surface area is 140 Å². The van der Waals surface area contributed by atoms with Crippen molar-refractivity contribution in [3.05, 3.63) is 35.4 Å². The standard InChI is InChI=1S/C16H20F2N2O2.ClH/c1-10(9-19)16(22)20-6-4-11(5-7-20)15(21)13-8-12(17)2-3-14(13)18;/h2-3,8,10-11H,4-7,9,19H2,1H3;1H. The fourth-order valence-corrected chi connectivity index (χ4v) is 2.68. The Morgan fingerprint density at radius 1 is 1.30 bits per heavy atom. The molecule has 1 aromatic rings. The van der Waals surface area contributed by atoms with Gasteiger partial charge in [-0.25, -0.2) is 8.78 Å². The van der Waals surface area contributed by atoms with E-state index in [2.05, 4.69) is 0 Å². The fourth-order valence-electron chi connectivity index (χ4n) is 2.68. The average Bonchev–Trinajstić information content (AvgIpc) is 2.55. The molecule has 0 spiro atoms. The predicted molar refractivity (Wildman–Crippen MR) is 85.5 cm³/mol. The van der Waals surface area contributed by atoms with Crippen LogP contribution in [-0.2, 0) is 4.79 Å². The van der Waals surface area contributed by atoms with Crippen molar-refractivity contribution in [3.63, 3.8) is 0 Å². The van der Waals surface area contributed by atoms with Gasteiger partial charge in [0.1, 0.15) is 11.6 Å². The lowest BCUT2D eigenvalue weighted by molar-refractivity contribution is -0.135. The largest absolute Gasteiger partial charge is 0.342 e. The molecule has 7 heteroatoms. The van der Waals surface area contributed by atoms with Crippen LogP contribution in [0, 0.1) is 23.5 Å². The molecule has 1 aromatic carbocycles. The maximum Gasteiger partial charge on any atom is 0.226 e. The minimum atomic E-state index is -0.707. The van der Waals surface area contributed by atoms with Crippen LogP contribution in [0.25, 0.3) is 0 Å². The number of hydrogen-bond donors (Lipinski definition) is 1. The lowest BCUT2D eigenvalue weighted by Crippen LogP contribution is -2.44. The minimum Gasteiger partial charge on any atom is -0.342 e. The van der Waals surface area contributed by atoms with Gasteiger partial charge in [-0.15, -0.1) is 12.4 Å². The first-order chi connectivity index (χ1) is 10.4. The highest BCUT2D eigenvalue weighted by atomic mass is 35.5. The molecule has 23 heavy (non-hydrogen) atoms. The van der Waals surface area contributed by atoms with Gasteiger partial charge in [0, 0.05) is 31.5 Å². The molecule has 1 aliphatic rings. The third-order valence-electron chi connectivity index (χ3n) is 4.15.